The van der Waals surface area contributed by atoms with Crippen molar-refractivity contribution < 1.29 is 4.43 Å². The van der Waals surface area contributed by atoms with Crippen molar-refractivity contribution in [2.45, 2.75) is 39.0 Å². The molecule has 3 aromatic carbocycles. The van der Waals surface area contributed by atoms with Gasteiger partial charge in [0.15, 0.2) is 0 Å². The van der Waals surface area contributed by atoms with Crippen LogP contribution in [0.4, 0.5) is 0 Å². The van der Waals surface area contributed by atoms with Gasteiger partial charge in [-0.05, 0) is 22.0 Å². The first-order chi connectivity index (χ1) is 13.4. The summed E-state index contributed by atoms with van der Waals surface area (Å²) < 4.78 is 6.91. The van der Waals surface area contributed by atoms with Gasteiger partial charge in [0.25, 0.3) is 8.32 Å². The highest BCUT2D eigenvalue weighted by Crippen LogP contribution is 2.12. The van der Waals surface area contributed by atoms with Crippen LogP contribution in [-0.2, 0) is 4.43 Å². The Hall–Kier alpha value is -2.16. The van der Waals surface area contributed by atoms with Gasteiger partial charge in [-0.3, -0.25) is 0 Å². The average Bonchev–Trinajstić information content (AvgIpc) is 2.75. The van der Waals surface area contributed by atoms with Crippen molar-refractivity contribution in [3.8, 4) is 0 Å². The van der Waals surface area contributed by atoms with E-state index < -0.39 is 8.32 Å². The first kappa shape index (κ1) is 19.6. The third-order valence-electron chi connectivity index (χ3n) is 5.11. The number of unbranched alkanes of at least 4 members (excludes halogenated alkanes) is 4. The van der Waals surface area contributed by atoms with E-state index in [9.17, 15) is 0 Å². The second kappa shape index (κ2) is 10.2. The molecule has 0 radical (unpaired) electrons. The molecular weight excluding hydrogens is 344 g/mol. The first-order valence-electron chi connectivity index (χ1n) is 10.2. The molecule has 0 aliphatic rings. The Bertz CT molecular complexity index is 675. The lowest BCUT2D eigenvalue weighted by Gasteiger charge is -2.33. The maximum absolute atomic E-state index is 6.91. The molecule has 0 fully saturated rings. The minimum absolute atomic E-state index is 0.814. The predicted molar refractivity (Wildman–Crippen MR) is 119 cm³/mol. The lowest BCUT2D eigenvalue weighted by molar-refractivity contribution is 0.309. The third-order valence-corrected chi connectivity index (χ3v) is 9.18. The van der Waals surface area contributed by atoms with Gasteiger partial charge in [0, 0.05) is 6.61 Å². The number of hydrogen-bond donors (Lipinski definition) is 0. The molecule has 140 valence electrons. The van der Waals surface area contributed by atoms with Crippen molar-refractivity contribution in [1.29, 1.82) is 0 Å². The molecule has 0 aromatic heterocycles. The second-order valence-corrected chi connectivity index (χ2v) is 10.4. The fraction of sp³-hybridized carbons (Fsp3) is 0.280. The van der Waals surface area contributed by atoms with Crippen LogP contribution in [0.3, 0.4) is 0 Å². The highest BCUT2D eigenvalue weighted by molar-refractivity contribution is 7.07. The van der Waals surface area contributed by atoms with E-state index in [2.05, 4.69) is 97.9 Å². The molecule has 0 unspecified atom stereocenters. The zero-order valence-electron chi connectivity index (χ0n) is 16.3. The van der Waals surface area contributed by atoms with Crippen molar-refractivity contribution >= 4 is 23.9 Å². The lowest BCUT2D eigenvalue weighted by Crippen LogP contribution is -2.69. The Morgan fingerprint density at radius 2 is 0.963 bits per heavy atom. The summed E-state index contributed by atoms with van der Waals surface area (Å²) in [5.41, 5.74) is 0. The van der Waals surface area contributed by atoms with E-state index in [0.717, 1.165) is 13.0 Å². The summed E-state index contributed by atoms with van der Waals surface area (Å²) in [5.74, 6) is 0. The van der Waals surface area contributed by atoms with E-state index in [1.807, 2.05) is 0 Å². The van der Waals surface area contributed by atoms with E-state index in [0.29, 0.717) is 0 Å². The molecule has 0 saturated heterocycles. The van der Waals surface area contributed by atoms with E-state index in [4.69, 9.17) is 4.43 Å². The van der Waals surface area contributed by atoms with Crippen LogP contribution in [-0.4, -0.2) is 14.9 Å². The maximum atomic E-state index is 6.91. The molecule has 2 heteroatoms. The van der Waals surface area contributed by atoms with Crippen LogP contribution in [0.15, 0.2) is 91.0 Å². The lowest BCUT2D eigenvalue weighted by atomic mass is 10.2. The topological polar surface area (TPSA) is 9.23 Å². The molecule has 3 rings (SSSR count). The predicted octanol–water partition coefficient (Wildman–Crippen LogP) is 4.64. The van der Waals surface area contributed by atoms with Crippen molar-refractivity contribution in [2.75, 3.05) is 6.61 Å². The Morgan fingerprint density at radius 1 is 0.556 bits per heavy atom. The maximum Gasteiger partial charge on any atom is 0.288 e. The monoisotopic (exact) mass is 374 g/mol. The second-order valence-electron chi connectivity index (χ2n) is 7.04. The van der Waals surface area contributed by atoms with Gasteiger partial charge in [-0.2, -0.15) is 0 Å². The summed E-state index contributed by atoms with van der Waals surface area (Å²) in [5, 5.41) is 3.95. The van der Waals surface area contributed by atoms with Gasteiger partial charge >= 0.3 is 0 Å². The fourth-order valence-corrected chi connectivity index (χ4v) is 7.64. The van der Waals surface area contributed by atoms with Crippen LogP contribution < -0.4 is 15.6 Å². The van der Waals surface area contributed by atoms with Gasteiger partial charge in [0.1, 0.15) is 0 Å². The van der Waals surface area contributed by atoms with Crippen LogP contribution in [0.2, 0.25) is 0 Å². The largest absolute Gasteiger partial charge is 0.404 e. The van der Waals surface area contributed by atoms with Crippen molar-refractivity contribution in [2.24, 2.45) is 0 Å². The van der Waals surface area contributed by atoms with Crippen LogP contribution in [0, 0.1) is 0 Å². The van der Waals surface area contributed by atoms with Gasteiger partial charge in [-0.1, -0.05) is 124 Å². The van der Waals surface area contributed by atoms with Gasteiger partial charge in [-0.25, -0.2) is 0 Å². The molecular formula is C25H30OSi. The summed E-state index contributed by atoms with van der Waals surface area (Å²) in [6.45, 7) is 3.07. The molecule has 0 N–H and O–H groups in total. The summed E-state index contributed by atoms with van der Waals surface area (Å²) in [4.78, 5) is 0. The van der Waals surface area contributed by atoms with E-state index in [-0.39, 0.29) is 0 Å². The quantitative estimate of drug-likeness (QED) is 0.285. The molecule has 0 aliphatic heterocycles. The number of benzene rings is 3. The molecule has 0 bridgehead atoms. The number of rotatable bonds is 10. The minimum atomic E-state index is -2.49. The Balaban J connectivity index is 1.98. The molecule has 3 aromatic rings. The normalized spacial score (nSPS) is 11.4. The molecule has 0 heterocycles. The van der Waals surface area contributed by atoms with Crippen LogP contribution in [0.25, 0.3) is 0 Å². The van der Waals surface area contributed by atoms with Crippen LogP contribution in [0.5, 0.6) is 0 Å². The molecule has 0 aliphatic carbocycles. The van der Waals surface area contributed by atoms with Crippen LogP contribution >= 0.6 is 0 Å². The van der Waals surface area contributed by atoms with Crippen molar-refractivity contribution in [1.82, 2.24) is 0 Å². The molecule has 0 saturated carbocycles. The summed E-state index contributed by atoms with van der Waals surface area (Å²) in [6, 6.07) is 32.5. The van der Waals surface area contributed by atoms with E-state index in [1.165, 1.54) is 41.2 Å². The Kier molecular flexibility index (Phi) is 7.43. The highest BCUT2D eigenvalue weighted by Gasteiger charge is 2.41. The van der Waals surface area contributed by atoms with E-state index >= 15 is 0 Å². The average molecular weight is 375 g/mol. The Labute approximate surface area is 165 Å². The zero-order valence-corrected chi connectivity index (χ0v) is 17.3. The van der Waals surface area contributed by atoms with Gasteiger partial charge in [0.2, 0.25) is 0 Å². The summed E-state index contributed by atoms with van der Waals surface area (Å²) in [6.07, 6.45) is 6.27. The first-order valence-corrected chi connectivity index (χ1v) is 12.1. The van der Waals surface area contributed by atoms with Crippen molar-refractivity contribution in [3.63, 3.8) is 0 Å². The molecule has 0 spiro atoms. The van der Waals surface area contributed by atoms with Gasteiger partial charge < -0.3 is 4.43 Å². The molecule has 27 heavy (non-hydrogen) atoms. The standard InChI is InChI=1S/C25H30OSi/c1-2-3-4-5-15-22-26-27(23-16-9-6-10-17-23,24-18-11-7-12-19-24)25-20-13-8-14-21-25/h6-14,16-21H,2-5,15,22H2,1H3. The zero-order chi connectivity index (χ0) is 18.8. The fourth-order valence-electron chi connectivity index (χ4n) is 3.70. The summed E-state index contributed by atoms with van der Waals surface area (Å²) in [7, 11) is -2.49. The van der Waals surface area contributed by atoms with Gasteiger partial charge in [-0.15, -0.1) is 0 Å². The van der Waals surface area contributed by atoms with Gasteiger partial charge in [0.05, 0.1) is 0 Å². The smallest absolute Gasteiger partial charge is 0.288 e. The molecule has 0 atom stereocenters. The van der Waals surface area contributed by atoms with E-state index in [1.54, 1.807) is 0 Å². The molecule has 0 amide bonds. The SMILES string of the molecule is CCCCCCCO[Si](c1ccccc1)(c1ccccc1)c1ccccc1. The van der Waals surface area contributed by atoms with Crippen molar-refractivity contribution in [3.05, 3.63) is 91.0 Å². The summed E-state index contributed by atoms with van der Waals surface area (Å²) >= 11 is 0. The minimum Gasteiger partial charge on any atom is -0.404 e. The number of hydrogen-bond acceptors (Lipinski definition) is 1. The Morgan fingerprint density at radius 3 is 1.37 bits per heavy atom. The third kappa shape index (κ3) is 4.77. The molecule has 1 nitrogen and oxygen atoms in total. The van der Waals surface area contributed by atoms with Crippen LogP contribution in [0.1, 0.15) is 39.0 Å². The highest BCUT2D eigenvalue weighted by atomic mass is 28.4.